The number of benzene rings is 1. The normalized spacial score (nSPS) is 18.7. The molecule has 1 aromatic carbocycles. The van der Waals surface area contributed by atoms with E-state index in [2.05, 4.69) is 20.6 Å². The van der Waals surface area contributed by atoms with Gasteiger partial charge < -0.3 is 15.1 Å². The molecular weight excluding hydrogens is 479 g/mol. The van der Waals surface area contributed by atoms with Crippen LogP contribution in [0.4, 0.5) is 0 Å². The Labute approximate surface area is 177 Å². The molecule has 0 saturated carbocycles. The SMILES string of the molecule is CCNC(=NCc1coc(-c2ccc(C)cc2)n1)NC1CCS(=O)(=O)C1.I. The van der Waals surface area contributed by atoms with Crippen LogP contribution in [0.5, 0.6) is 0 Å². The van der Waals surface area contributed by atoms with E-state index in [0.29, 0.717) is 31.4 Å². The van der Waals surface area contributed by atoms with Gasteiger partial charge in [0.2, 0.25) is 5.89 Å². The number of aliphatic imine (C=N–C) groups is 1. The first-order valence-corrected chi connectivity index (χ1v) is 10.5. The maximum atomic E-state index is 11.6. The maximum absolute atomic E-state index is 11.6. The lowest BCUT2D eigenvalue weighted by Crippen LogP contribution is -2.44. The Kier molecular flexibility index (Phi) is 7.66. The quantitative estimate of drug-likeness (QED) is 0.369. The van der Waals surface area contributed by atoms with Crippen molar-refractivity contribution in [3.05, 3.63) is 41.8 Å². The minimum Gasteiger partial charge on any atom is -0.444 e. The molecule has 0 aliphatic carbocycles. The summed E-state index contributed by atoms with van der Waals surface area (Å²) in [6.07, 6.45) is 2.20. The van der Waals surface area contributed by atoms with E-state index in [1.54, 1.807) is 6.26 Å². The summed E-state index contributed by atoms with van der Waals surface area (Å²) < 4.78 is 28.7. The van der Waals surface area contributed by atoms with Gasteiger partial charge in [0.05, 0.1) is 18.1 Å². The molecule has 2 N–H and O–H groups in total. The minimum absolute atomic E-state index is 0. The van der Waals surface area contributed by atoms with Crippen LogP contribution in [0.3, 0.4) is 0 Å². The monoisotopic (exact) mass is 504 g/mol. The Hall–Kier alpha value is -1.62. The predicted molar refractivity (Wildman–Crippen MR) is 117 cm³/mol. The predicted octanol–water partition coefficient (Wildman–Crippen LogP) is 2.51. The zero-order valence-corrected chi connectivity index (χ0v) is 18.6. The van der Waals surface area contributed by atoms with Crippen LogP contribution in [0, 0.1) is 6.92 Å². The van der Waals surface area contributed by atoms with E-state index >= 15 is 0 Å². The van der Waals surface area contributed by atoms with E-state index in [0.717, 1.165) is 11.3 Å². The van der Waals surface area contributed by atoms with E-state index in [1.807, 2.05) is 38.1 Å². The Morgan fingerprint density at radius 2 is 2.07 bits per heavy atom. The third kappa shape index (κ3) is 6.20. The summed E-state index contributed by atoms with van der Waals surface area (Å²) in [5, 5.41) is 6.33. The third-order valence-corrected chi connectivity index (χ3v) is 5.93. The molecule has 148 valence electrons. The Balaban J connectivity index is 0.00000261. The van der Waals surface area contributed by atoms with Gasteiger partial charge in [-0.3, -0.25) is 0 Å². The molecule has 2 aromatic rings. The first-order chi connectivity index (χ1) is 12.4. The Bertz CT molecular complexity index is 878. The van der Waals surface area contributed by atoms with Crippen LogP contribution in [0.25, 0.3) is 11.5 Å². The molecule has 3 rings (SSSR count). The highest BCUT2D eigenvalue weighted by atomic mass is 127. The van der Waals surface area contributed by atoms with E-state index < -0.39 is 9.84 Å². The lowest BCUT2D eigenvalue weighted by molar-refractivity contribution is 0.572. The molecule has 1 unspecified atom stereocenters. The third-order valence-electron chi connectivity index (χ3n) is 4.17. The minimum atomic E-state index is -2.93. The Morgan fingerprint density at radius 3 is 2.70 bits per heavy atom. The van der Waals surface area contributed by atoms with E-state index in [1.165, 1.54) is 5.56 Å². The van der Waals surface area contributed by atoms with E-state index in [4.69, 9.17) is 4.42 Å². The first-order valence-electron chi connectivity index (χ1n) is 8.72. The van der Waals surface area contributed by atoms with Gasteiger partial charge in [0.15, 0.2) is 15.8 Å². The number of aryl methyl sites for hydroxylation is 1. The van der Waals surface area contributed by atoms with Gasteiger partial charge in [-0.25, -0.2) is 18.4 Å². The van der Waals surface area contributed by atoms with Crippen LogP contribution in [-0.2, 0) is 16.4 Å². The van der Waals surface area contributed by atoms with Gasteiger partial charge >= 0.3 is 0 Å². The second-order valence-corrected chi connectivity index (χ2v) is 8.68. The number of nitrogens with one attached hydrogen (secondary N) is 2. The number of guanidine groups is 1. The van der Waals surface area contributed by atoms with Crippen molar-refractivity contribution in [3.63, 3.8) is 0 Å². The molecule has 0 amide bonds. The molecule has 2 heterocycles. The van der Waals surface area contributed by atoms with Crippen LogP contribution in [0.2, 0.25) is 0 Å². The first kappa shape index (κ1) is 21.7. The highest BCUT2D eigenvalue weighted by Crippen LogP contribution is 2.19. The highest BCUT2D eigenvalue weighted by Gasteiger charge is 2.28. The molecule has 1 aromatic heterocycles. The highest BCUT2D eigenvalue weighted by molar-refractivity contribution is 14.0. The van der Waals surface area contributed by atoms with Crippen molar-refractivity contribution in [2.24, 2.45) is 4.99 Å². The van der Waals surface area contributed by atoms with E-state index in [-0.39, 0.29) is 41.5 Å². The number of hydrogen-bond donors (Lipinski definition) is 2. The summed E-state index contributed by atoms with van der Waals surface area (Å²) in [7, 11) is -2.93. The van der Waals surface area contributed by atoms with Crippen molar-refractivity contribution in [2.75, 3.05) is 18.1 Å². The maximum Gasteiger partial charge on any atom is 0.226 e. The second kappa shape index (κ2) is 9.54. The van der Waals surface area contributed by atoms with Crippen molar-refractivity contribution < 1.29 is 12.8 Å². The molecule has 7 nitrogen and oxygen atoms in total. The van der Waals surface area contributed by atoms with Crippen LogP contribution in [0.1, 0.15) is 24.6 Å². The number of halogens is 1. The molecule has 1 saturated heterocycles. The summed E-state index contributed by atoms with van der Waals surface area (Å²) in [4.78, 5) is 8.97. The van der Waals surface area contributed by atoms with Crippen LogP contribution in [0.15, 0.2) is 39.9 Å². The van der Waals surface area contributed by atoms with Crippen LogP contribution in [-0.4, -0.2) is 43.5 Å². The van der Waals surface area contributed by atoms with E-state index in [9.17, 15) is 8.42 Å². The summed E-state index contributed by atoms with van der Waals surface area (Å²) in [5.41, 5.74) is 2.82. The summed E-state index contributed by atoms with van der Waals surface area (Å²) in [6.45, 7) is 5.04. The number of rotatable bonds is 5. The molecule has 9 heteroatoms. The number of sulfone groups is 1. The molecule has 27 heavy (non-hydrogen) atoms. The van der Waals surface area contributed by atoms with Crippen molar-refractivity contribution in [1.82, 2.24) is 15.6 Å². The van der Waals surface area contributed by atoms with Crippen molar-refractivity contribution >= 4 is 39.8 Å². The van der Waals surface area contributed by atoms with Crippen molar-refractivity contribution in [3.8, 4) is 11.5 Å². The average molecular weight is 504 g/mol. The van der Waals surface area contributed by atoms with Crippen molar-refractivity contribution in [1.29, 1.82) is 0 Å². The number of nitrogens with zero attached hydrogens (tertiary/aromatic N) is 2. The van der Waals surface area contributed by atoms with Gasteiger partial charge in [0.1, 0.15) is 12.0 Å². The van der Waals surface area contributed by atoms with Gasteiger partial charge in [-0.1, -0.05) is 17.7 Å². The zero-order chi connectivity index (χ0) is 18.6. The van der Waals surface area contributed by atoms with Gasteiger partial charge in [-0.05, 0) is 32.4 Å². The molecule has 1 atom stereocenters. The molecule has 0 bridgehead atoms. The van der Waals surface area contributed by atoms with Crippen LogP contribution < -0.4 is 10.6 Å². The molecule has 0 spiro atoms. The molecule has 1 aliphatic rings. The number of hydrogen-bond acceptors (Lipinski definition) is 5. The summed E-state index contributed by atoms with van der Waals surface area (Å²) >= 11 is 0. The molecule has 0 radical (unpaired) electrons. The summed E-state index contributed by atoms with van der Waals surface area (Å²) in [5.74, 6) is 1.54. The zero-order valence-electron chi connectivity index (χ0n) is 15.4. The van der Waals surface area contributed by atoms with Gasteiger partial charge in [0.25, 0.3) is 0 Å². The van der Waals surface area contributed by atoms with Gasteiger partial charge in [-0.2, -0.15) is 0 Å². The molecular formula is C18H25IN4O3S. The molecule has 1 aliphatic heterocycles. The lowest BCUT2D eigenvalue weighted by atomic mass is 10.1. The van der Waals surface area contributed by atoms with Crippen LogP contribution >= 0.6 is 24.0 Å². The fourth-order valence-corrected chi connectivity index (χ4v) is 4.46. The smallest absolute Gasteiger partial charge is 0.226 e. The number of oxazole rings is 1. The summed E-state index contributed by atoms with van der Waals surface area (Å²) in [6, 6.07) is 7.87. The molecule has 1 fully saturated rings. The Morgan fingerprint density at radius 1 is 1.33 bits per heavy atom. The topological polar surface area (TPSA) is 96.6 Å². The number of aromatic nitrogens is 1. The fourth-order valence-electron chi connectivity index (χ4n) is 2.79. The largest absolute Gasteiger partial charge is 0.444 e. The van der Waals surface area contributed by atoms with Gasteiger partial charge in [-0.15, -0.1) is 24.0 Å². The second-order valence-electron chi connectivity index (χ2n) is 6.45. The standard InChI is InChI=1S/C18H24N4O3S.HI/c1-3-19-18(22-15-8-9-26(23,24)12-15)20-10-16-11-25-17(21-16)14-6-4-13(2)5-7-14;/h4-7,11,15H,3,8-10,12H2,1-2H3,(H2,19,20,22);1H. The van der Waals surface area contributed by atoms with Gasteiger partial charge in [0, 0.05) is 18.2 Å². The average Bonchev–Trinajstić information content (AvgIpc) is 3.20. The fraction of sp³-hybridized carbons (Fsp3) is 0.444. The lowest BCUT2D eigenvalue weighted by Gasteiger charge is -2.15. The van der Waals surface area contributed by atoms with Crippen molar-refractivity contribution in [2.45, 2.75) is 32.9 Å².